The highest BCUT2D eigenvalue weighted by molar-refractivity contribution is 5.65. The Balaban J connectivity index is 1.90. The lowest BCUT2D eigenvalue weighted by atomic mass is 10.0. The zero-order valence-corrected chi connectivity index (χ0v) is 10.3. The minimum absolute atomic E-state index is 0.977. The van der Waals surface area contributed by atoms with Gasteiger partial charge >= 0.3 is 0 Å². The molecule has 0 aliphatic carbocycles. The smallest absolute Gasteiger partial charge is 0.115 e. The van der Waals surface area contributed by atoms with Crippen LogP contribution >= 0.6 is 0 Å². The predicted molar refractivity (Wildman–Crippen MR) is 70.8 cm³/mol. The van der Waals surface area contributed by atoms with E-state index in [4.69, 9.17) is 0 Å². The predicted octanol–water partition coefficient (Wildman–Crippen LogP) is 2.54. The molecule has 0 amide bonds. The number of hydrogen-bond donors (Lipinski definition) is 0. The summed E-state index contributed by atoms with van der Waals surface area (Å²) in [6, 6.07) is 9.50. The summed E-state index contributed by atoms with van der Waals surface area (Å²) < 4.78 is 0. The summed E-state index contributed by atoms with van der Waals surface area (Å²) in [5.41, 5.74) is 3.52. The molecule has 3 rings (SSSR count). The van der Waals surface area contributed by atoms with Crippen LogP contribution in [0.1, 0.15) is 18.4 Å². The van der Waals surface area contributed by atoms with Crippen LogP contribution in [0.5, 0.6) is 0 Å². The molecule has 3 heteroatoms. The lowest BCUT2D eigenvalue weighted by Gasteiger charge is -2.17. The molecule has 0 saturated carbocycles. The second-order valence-corrected chi connectivity index (χ2v) is 4.67. The fourth-order valence-corrected chi connectivity index (χ4v) is 2.48. The maximum Gasteiger partial charge on any atom is 0.115 e. The van der Waals surface area contributed by atoms with E-state index in [1.165, 1.54) is 37.1 Å². The average Bonchev–Trinajstić information content (AvgIpc) is 2.93. The van der Waals surface area contributed by atoms with E-state index < -0.39 is 0 Å². The third-order valence-corrected chi connectivity index (χ3v) is 3.39. The maximum atomic E-state index is 4.10. The Morgan fingerprint density at radius 1 is 1.17 bits per heavy atom. The first-order valence-electron chi connectivity index (χ1n) is 6.41. The summed E-state index contributed by atoms with van der Waals surface area (Å²) in [6.07, 6.45) is 7.93. The molecule has 1 aromatic heterocycles. The lowest BCUT2D eigenvalue weighted by molar-refractivity contribution is 0.331. The summed E-state index contributed by atoms with van der Waals surface area (Å²) in [4.78, 5) is 10.7. The summed E-state index contributed by atoms with van der Waals surface area (Å²) in [5.74, 6) is 0. The van der Waals surface area contributed by atoms with Gasteiger partial charge < -0.3 is 0 Å². The van der Waals surface area contributed by atoms with Gasteiger partial charge in [0.25, 0.3) is 0 Å². The number of hydrogen-bond acceptors (Lipinski definition) is 3. The average molecular weight is 238 g/mol. The van der Waals surface area contributed by atoms with Crippen LogP contribution in [0.4, 0.5) is 0 Å². The van der Waals surface area contributed by atoms with Crippen molar-refractivity contribution in [1.82, 2.24) is 14.9 Å². The zero-order valence-electron chi connectivity index (χ0n) is 10.3. The Morgan fingerprint density at radius 2 is 1.94 bits per heavy atom. The van der Waals surface area contributed by atoms with Crippen molar-refractivity contribution in [1.29, 1.82) is 0 Å². The molecule has 0 spiro atoms. The summed E-state index contributed by atoms with van der Waals surface area (Å²) in [6.45, 7) is 3.38. The molecule has 1 aliphatic rings. The topological polar surface area (TPSA) is 29.0 Å². The van der Waals surface area contributed by atoms with E-state index >= 15 is 0 Å². The second kappa shape index (κ2) is 5.27. The molecule has 0 atom stereocenters. The van der Waals surface area contributed by atoms with Crippen molar-refractivity contribution in [3.63, 3.8) is 0 Å². The highest BCUT2D eigenvalue weighted by atomic mass is 15.1. The zero-order chi connectivity index (χ0) is 12.2. The van der Waals surface area contributed by atoms with Gasteiger partial charge in [0, 0.05) is 24.5 Å². The van der Waals surface area contributed by atoms with Gasteiger partial charge in [0.1, 0.15) is 6.33 Å². The fourth-order valence-electron chi connectivity index (χ4n) is 2.48. The molecule has 0 unspecified atom stereocenters. The first-order valence-corrected chi connectivity index (χ1v) is 6.41. The molecule has 2 aromatic rings. The molecule has 3 nitrogen and oxygen atoms in total. The molecular weight excluding hydrogens is 222 g/mol. The second-order valence-electron chi connectivity index (χ2n) is 4.67. The normalized spacial score (nSPS) is 16.0. The van der Waals surface area contributed by atoms with Gasteiger partial charge in [-0.25, -0.2) is 9.97 Å². The molecule has 1 aliphatic heterocycles. The van der Waals surface area contributed by atoms with Gasteiger partial charge in [0.2, 0.25) is 0 Å². The van der Waals surface area contributed by atoms with Gasteiger partial charge in [0.05, 0.1) is 0 Å². The number of likely N-dealkylation sites (tertiary alicyclic amines) is 1. The standard InChI is InChI=1S/C15H16N3/c1-2-6-15(14-9-16-12-17-10-14)13(5-1)11-18-7-3-4-8-18/h1-2,6,9-10,12H,3-4,7-8,11H2. The number of aromatic nitrogens is 2. The molecule has 0 bridgehead atoms. The molecule has 1 saturated heterocycles. The molecule has 1 fully saturated rings. The molecule has 18 heavy (non-hydrogen) atoms. The van der Waals surface area contributed by atoms with Crippen LogP contribution in [0.2, 0.25) is 0 Å². The maximum absolute atomic E-state index is 4.10. The van der Waals surface area contributed by atoms with Crippen molar-refractivity contribution in [3.8, 4) is 11.1 Å². The van der Waals surface area contributed by atoms with E-state index in [0.717, 1.165) is 12.1 Å². The van der Waals surface area contributed by atoms with E-state index in [9.17, 15) is 0 Å². The molecule has 2 heterocycles. The highest BCUT2D eigenvalue weighted by Gasteiger charge is 2.14. The van der Waals surface area contributed by atoms with Gasteiger partial charge in [-0.2, -0.15) is 0 Å². The third-order valence-electron chi connectivity index (χ3n) is 3.39. The first kappa shape index (κ1) is 11.4. The quantitative estimate of drug-likeness (QED) is 0.823. The Labute approximate surface area is 108 Å². The molecular formula is C15H16N3. The molecule has 1 aromatic carbocycles. The van der Waals surface area contributed by atoms with Crippen LogP contribution < -0.4 is 0 Å². The van der Waals surface area contributed by atoms with Crippen LogP contribution in [0, 0.1) is 6.07 Å². The van der Waals surface area contributed by atoms with E-state index in [1.807, 2.05) is 24.5 Å². The minimum atomic E-state index is 0.977. The van der Waals surface area contributed by atoms with E-state index in [0.29, 0.717) is 0 Å². The van der Waals surface area contributed by atoms with Gasteiger partial charge in [-0.3, -0.25) is 4.90 Å². The molecule has 91 valence electrons. The Bertz CT molecular complexity index is 504. The van der Waals surface area contributed by atoms with Gasteiger partial charge in [-0.15, -0.1) is 0 Å². The van der Waals surface area contributed by atoms with Crippen LogP contribution in [-0.2, 0) is 6.54 Å². The summed E-state index contributed by atoms with van der Waals surface area (Å²) in [7, 11) is 0. The number of nitrogens with zero attached hydrogens (tertiary/aromatic N) is 3. The van der Waals surface area contributed by atoms with Crippen molar-refractivity contribution in [2.75, 3.05) is 13.1 Å². The summed E-state index contributed by atoms with van der Waals surface area (Å²) >= 11 is 0. The van der Waals surface area contributed by atoms with Crippen molar-refractivity contribution in [3.05, 3.63) is 48.5 Å². The number of rotatable bonds is 3. The SMILES string of the molecule is [c]1cccc(-c2cncnc2)c1CN1CCCC1. The monoisotopic (exact) mass is 238 g/mol. The largest absolute Gasteiger partial charge is 0.299 e. The van der Waals surface area contributed by atoms with E-state index in [-0.39, 0.29) is 0 Å². The third kappa shape index (κ3) is 2.41. The van der Waals surface area contributed by atoms with Gasteiger partial charge in [-0.05, 0) is 43.1 Å². The van der Waals surface area contributed by atoms with Crippen LogP contribution in [0.3, 0.4) is 0 Å². The Morgan fingerprint density at radius 3 is 2.72 bits per heavy atom. The van der Waals surface area contributed by atoms with Crippen LogP contribution in [0.15, 0.2) is 36.9 Å². The van der Waals surface area contributed by atoms with Crippen molar-refractivity contribution in [2.45, 2.75) is 19.4 Å². The van der Waals surface area contributed by atoms with Crippen LogP contribution in [0.25, 0.3) is 11.1 Å². The van der Waals surface area contributed by atoms with E-state index in [2.05, 4.69) is 27.0 Å². The highest BCUT2D eigenvalue weighted by Crippen LogP contribution is 2.24. The Kier molecular flexibility index (Phi) is 3.33. The lowest BCUT2D eigenvalue weighted by Crippen LogP contribution is -2.18. The van der Waals surface area contributed by atoms with Crippen molar-refractivity contribution < 1.29 is 0 Å². The number of benzene rings is 1. The Hall–Kier alpha value is -1.74. The molecule has 1 radical (unpaired) electrons. The summed E-state index contributed by atoms with van der Waals surface area (Å²) in [5, 5.41) is 0. The first-order chi connectivity index (χ1) is 8.93. The fraction of sp³-hybridized carbons (Fsp3) is 0.333. The van der Waals surface area contributed by atoms with Crippen molar-refractivity contribution in [2.24, 2.45) is 0 Å². The van der Waals surface area contributed by atoms with E-state index in [1.54, 1.807) is 6.33 Å². The van der Waals surface area contributed by atoms with Crippen LogP contribution in [-0.4, -0.2) is 28.0 Å². The van der Waals surface area contributed by atoms with Gasteiger partial charge in [0.15, 0.2) is 0 Å². The van der Waals surface area contributed by atoms with Gasteiger partial charge in [-0.1, -0.05) is 18.2 Å². The minimum Gasteiger partial charge on any atom is -0.299 e. The molecule has 0 N–H and O–H groups in total. The van der Waals surface area contributed by atoms with Crippen molar-refractivity contribution >= 4 is 0 Å².